The molecule has 0 radical (unpaired) electrons. The number of rotatable bonds is 4. The molecule has 0 aliphatic rings. The molecule has 0 aliphatic heterocycles. The van der Waals surface area contributed by atoms with Crippen molar-refractivity contribution in [3.05, 3.63) is 83.7 Å². The molecule has 0 saturated carbocycles. The van der Waals surface area contributed by atoms with Crippen LogP contribution in [-0.4, -0.2) is 10.9 Å². The van der Waals surface area contributed by atoms with E-state index in [-0.39, 0.29) is 22.9 Å². The first-order valence-electron chi connectivity index (χ1n) is 7.60. The molecule has 0 atom stereocenters. The van der Waals surface area contributed by atoms with Crippen LogP contribution < -0.4 is 5.63 Å². The molecule has 0 bridgehead atoms. The fraction of sp³-hybridized carbons (Fsp3) is 0.111. The van der Waals surface area contributed by atoms with Crippen LogP contribution in [0, 0.1) is 17.0 Å². The quantitative estimate of drug-likeness (QED) is 0.269. The van der Waals surface area contributed by atoms with Crippen LogP contribution in [0.3, 0.4) is 0 Å². The Bertz CT molecular complexity index is 1140. The Labute approximate surface area is 162 Å². The van der Waals surface area contributed by atoms with E-state index in [0.717, 1.165) is 17.7 Å². The van der Waals surface area contributed by atoms with Gasteiger partial charge in [0.15, 0.2) is 0 Å². The highest BCUT2D eigenvalue weighted by Gasteiger charge is 2.17. The second-order valence-electron chi connectivity index (χ2n) is 5.69. The summed E-state index contributed by atoms with van der Waals surface area (Å²) in [6, 6.07) is 7.87. The van der Waals surface area contributed by atoms with E-state index in [1.807, 2.05) is 0 Å². The van der Waals surface area contributed by atoms with Crippen molar-refractivity contribution in [2.45, 2.75) is 13.5 Å². The van der Waals surface area contributed by atoms with E-state index in [4.69, 9.17) is 32.4 Å². The maximum absolute atomic E-state index is 12.3. The van der Waals surface area contributed by atoms with E-state index < -0.39 is 16.5 Å². The van der Waals surface area contributed by atoms with Gasteiger partial charge < -0.3 is 9.15 Å². The van der Waals surface area contributed by atoms with Gasteiger partial charge in [0.05, 0.1) is 15.5 Å². The van der Waals surface area contributed by atoms with Crippen molar-refractivity contribution in [1.29, 1.82) is 0 Å². The number of carbonyl (C=O) groups excluding carboxylic acids is 1. The lowest BCUT2D eigenvalue weighted by molar-refractivity contribution is -0.384. The minimum atomic E-state index is -0.783. The Hall–Kier alpha value is -2.90. The molecule has 1 aromatic heterocycles. The maximum Gasteiger partial charge on any atom is 0.339 e. The number of nitrogens with zero attached hydrogens (tertiary/aromatic N) is 1. The molecule has 3 rings (SSSR count). The van der Waals surface area contributed by atoms with Crippen LogP contribution in [0.4, 0.5) is 5.69 Å². The predicted molar refractivity (Wildman–Crippen MR) is 99.5 cm³/mol. The van der Waals surface area contributed by atoms with Crippen LogP contribution >= 0.6 is 23.2 Å². The van der Waals surface area contributed by atoms with Crippen LogP contribution in [0.15, 0.2) is 45.6 Å². The molecule has 3 aromatic rings. The van der Waals surface area contributed by atoms with Crippen molar-refractivity contribution in [2.75, 3.05) is 0 Å². The average Bonchev–Trinajstić information content (AvgIpc) is 2.60. The number of hydrogen-bond acceptors (Lipinski definition) is 6. The lowest BCUT2D eigenvalue weighted by Gasteiger charge is -2.09. The summed E-state index contributed by atoms with van der Waals surface area (Å²) in [5, 5.41) is 11.6. The SMILES string of the molecule is Cc1cc2oc(=O)cc(COC(=O)c3ccc([N+](=O)[O-])cc3Cl)c2cc1Cl. The second kappa shape index (κ2) is 7.38. The number of carbonyl (C=O) groups is 1. The third-order valence-corrected chi connectivity index (χ3v) is 4.57. The van der Waals surface area contributed by atoms with Crippen LogP contribution in [0.1, 0.15) is 21.5 Å². The van der Waals surface area contributed by atoms with Gasteiger partial charge in [0.25, 0.3) is 5.69 Å². The highest BCUT2D eigenvalue weighted by molar-refractivity contribution is 6.33. The fourth-order valence-corrected chi connectivity index (χ4v) is 2.89. The molecule has 0 unspecified atom stereocenters. The standard InChI is InChI=1S/C18H11Cl2NO6/c1-9-4-16-13(7-14(9)19)10(5-17(22)27-16)8-26-18(23)12-3-2-11(21(24)25)6-15(12)20/h2-7H,8H2,1H3. The van der Waals surface area contributed by atoms with E-state index in [1.54, 1.807) is 19.1 Å². The smallest absolute Gasteiger partial charge is 0.339 e. The van der Waals surface area contributed by atoms with Crippen molar-refractivity contribution in [3.8, 4) is 0 Å². The van der Waals surface area contributed by atoms with Crippen LogP contribution in [0.25, 0.3) is 11.0 Å². The molecule has 0 amide bonds. The molecule has 0 saturated heterocycles. The molecule has 1 heterocycles. The minimum Gasteiger partial charge on any atom is -0.457 e. The van der Waals surface area contributed by atoms with Crippen molar-refractivity contribution >= 4 is 45.8 Å². The van der Waals surface area contributed by atoms with Crippen molar-refractivity contribution in [3.63, 3.8) is 0 Å². The van der Waals surface area contributed by atoms with Crippen LogP contribution in [0.2, 0.25) is 10.0 Å². The number of hydrogen-bond donors (Lipinski definition) is 0. The number of non-ortho nitro benzene ring substituents is 1. The molecule has 0 spiro atoms. The zero-order chi connectivity index (χ0) is 19.7. The van der Waals surface area contributed by atoms with Gasteiger partial charge in [0.2, 0.25) is 0 Å². The topological polar surface area (TPSA) is 99.7 Å². The predicted octanol–water partition coefficient (Wildman–Crippen LogP) is 4.67. The second-order valence-corrected chi connectivity index (χ2v) is 6.50. The van der Waals surface area contributed by atoms with E-state index in [0.29, 0.717) is 21.6 Å². The van der Waals surface area contributed by atoms with Crippen molar-refractivity contribution in [2.24, 2.45) is 0 Å². The zero-order valence-electron chi connectivity index (χ0n) is 13.8. The number of ether oxygens (including phenoxy) is 1. The van der Waals surface area contributed by atoms with Gasteiger partial charge in [-0.3, -0.25) is 10.1 Å². The summed E-state index contributed by atoms with van der Waals surface area (Å²) in [5.74, 6) is -0.783. The van der Waals surface area contributed by atoms with Gasteiger partial charge in [0.1, 0.15) is 12.2 Å². The number of nitro groups is 1. The van der Waals surface area contributed by atoms with Gasteiger partial charge in [-0.15, -0.1) is 0 Å². The van der Waals surface area contributed by atoms with Crippen molar-refractivity contribution in [1.82, 2.24) is 0 Å². The number of esters is 1. The van der Waals surface area contributed by atoms with Gasteiger partial charge >= 0.3 is 11.6 Å². The average molecular weight is 408 g/mol. The van der Waals surface area contributed by atoms with E-state index in [2.05, 4.69) is 0 Å². The van der Waals surface area contributed by atoms with E-state index in [9.17, 15) is 19.7 Å². The first-order chi connectivity index (χ1) is 12.8. The monoisotopic (exact) mass is 407 g/mol. The summed E-state index contributed by atoms with van der Waals surface area (Å²) in [6.45, 7) is 1.54. The van der Waals surface area contributed by atoms with Gasteiger partial charge in [-0.25, -0.2) is 9.59 Å². The van der Waals surface area contributed by atoms with E-state index in [1.165, 1.54) is 12.1 Å². The number of fused-ring (bicyclic) bond motifs is 1. The normalized spacial score (nSPS) is 10.8. The van der Waals surface area contributed by atoms with Crippen LogP contribution in [0.5, 0.6) is 0 Å². The molecule has 7 nitrogen and oxygen atoms in total. The molecule has 0 fully saturated rings. The summed E-state index contributed by atoms with van der Waals surface area (Å²) in [7, 11) is 0. The Morgan fingerprint density at radius 1 is 1.19 bits per heavy atom. The summed E-state index contributed by atoms with van der Waals surface area (Å²) >= 11 is 12.0. The van der Waals surface area contributed by atoms with Gasteiger partial charge in [0, 0.05) is 34.2 Å². The number of halogens is 2. The Morgan fingerprint density at radius 2 is 1.93 bits per heavy atom. The molecular formula is C18H11Cl2NO6. The molecule has 27 heavy (non-hydrogen) atoms. The maximum atomic E-state index is 12.3. The van der Waals surface area contributed by atoms with Gasteiger partial charge in [-0.05, 0) is 30.7 Å². The highest BCUT2D eigenvalue weighted by Crippen LogP contribution is 2.27. The summed E-state index contributed by atoms with van der Waals surface area (Å²) in [6.07, 6.45) is 0. The lowest BCUT2D eigenvalue weighted by atomic mass is 10.1. The Balaban J connectivity index is 1.89. The fourth-order valence-electron chi connectivity index (χ4n) is 2.47. The largest absolute Gasteiger partial charge is 0.457 e. The number of nitro benzene ring substituents is 1. The summed E-state index contributed by atoms with van der Waals surface area (Å²) < 4.78 is 10.4. The third kappa shape index (κ3) is 3.94. The Kier molecular flexibility index (Phi) is 5.16. The molecule has 2 aromatic carbocycles. The third-order valence-electron chi connectivity index (χ3n) is 3.85. The summed E-state index contributed by atoms with van der Waals surface area (Å²) in [5.41, 5.74) is 0.609. The first-order valence-corrected chi connectivity index (χ1v) is 8.36. The molecule has 138 valence electrons. The number of aryl methyl sites for hydroxylation is 1. The lowest BCUT2D eigenvalue weighted by Crippen LogP contribution is -2.08. The molecule has 9 heteroatoms. The molecule has 0 aliphatic carbocycles. The van der Waals surface area contributed by atoms with E-state index >= 15 is 0 Å². The molecular weight excluding hydrogens is 397 g/mol. The number of benzene rings is 2. The van der Waals surface area contributed by atoms with Crippen molar-refractivity contribution < 1.29 is 18.9 Å². The highest BCUT2D eigenvalue weighted by atomic mass is 35.5. The summed E-state index contributed by atoms with van der Waals surface area (Å²) in [4.78, 5) is 34.1. The minimum absolute atomic E-state index is 0.0246. The van der Waals surface area contributed by atoms with Crippen LogP contribution in [-0.2, 0) is 11.3 Å². The Morgan fingerprint density at radius 3 is 2.59 bits per heavy atom. The molecule has 0 N–H and O–H groups in total. The van der Waals surface area contributed by atoms with Gasteiger partial charge in [-0.1, -0.05) is 23.2 Å². The first kappa shape index (κ1) is 18.9. The zero-order valence-corrected chi connectivity index (χ0v) is 15.3. The van der Waals surface area contributed by atoms with Gasteiger partial charge in [-0.2, -0.15) is 0 Å².